The number of aliphatic hydroxyl groups is 2. The van der Waals surface area contributed by atoms with Gasteiger partial charge >= 0.3 is 0 Å². The first-order valence-corrected chi connectivity index (χ1v) is 4.28. The van der Waals surface area contributed by atoms with Gasteiger partial charge in [0.1, 0.15) is 0 Å². The Balaban J connectivity index is 2.44. The second kappa shape index (κ2) is 2.76. The Bertz CT molecular complexity index is 142. The molecule has 2 N–H and O–H groups in total. The van der Waals surface area contributed by atoms with Crippen molar-refractivity contribution in [2.75, 3.05) is 6.61 Å². The molecule has 1 aliphatic rings. The van der Waals surface area contributed by atoms with Gasteiger partial charge < -0.3 is 10.2 Å². The second-order valence-electron chi connectivity index (χ2n) is 4.46. The maximum atomic E-state index is 9.63. The van der Waals surface area contributed by atoms with E-state index in [2.05, 4.69) is 13.8 Å². The van der Waals surface area contributed by atoms with E-state index in [1.54, 1.807) is 0 Å². The summed E-state index contributed by atoms with van der Waals surface area (Å²) < 4.78 is 0. The molecule has 0 spiro atoms. The van der Waals surface area contributed by atoms with Crippen LogP contribution in [-0.4, -0.2) is 22.9 Å². The first kappa shape index (κ1) is 9.01. The Morgan fingerprint density at radius 3 is 2.36 bits per heavy atom. The van der Waals surface area contributed by atoms with Crippen LogP contribution in [0.1, 0.15) is 27.2 Å². The summed E-state index contributed by atoms with van der Waals surface area (Å²) in [4.78, 5) is 0. The van der Waals surface area contributed by atoms with E-state index in [4.69, 9.17) is 5.11 Å². The molecular formula is C9H18O2. The van der Waals surface area contributed by atoms with Crippen molar-refractivity contribution in [3.63, 3.8) is 0 Å². The summed E-state index contributed by atoms with van der Waals surface area (Å²) in [6.07, 6.45) is 0.820. The molecule has 2 heteroatoms. The van der Waals surface area contributed by atoms with Gasteiger partial charge in [0.2, 0.25) is 0 Å². The van der Waals surface area contributed by atoms with Gasteiger partial charge in [-0.2, -0.15) is 0 Å². The van der Waals surface area contributed by atoms with Gasteiger partial charge in [-0.25, -0.2) is 0 Å². The zero-order chi connectivity index (χ0) is 8.65. The normalized spacial score (nSPS) is 37.9. The minimum Gasteiger partial charge on any atom is -0.396 e. The lowest BCUT2D eigenvalue weighted by Crippen LogP contribution is -2.51. The monoisotopic (exact) mass is 158 g/mol. The summed E-state index contributed by atoms with van der Waals surface area (Å²) in [6, 6.07) is 0. The Morgan fingerprint density at radius 2 is 2.09 bits per heavy atom. The lowest BCUT2D eigenvalue weighted by molar-refractivity contribution is -0.125. The van der Waals surface area contributed by atoms with Gasteiger partial charge in [-0.1, -0.05) is 20.8 Å². The SMILES string of the molecule is C[C@@H](CO)[C@H]1CC(C)(C)[C@@H]1O. The summed E-state index contributed by atoms with van der Waals surface area (Å²) in [7, 11) is 0. The third-order valence-corrected chi connectivity index (χ3v) is 2.99. The Kier molecular flexibility index (Phi) is 2.26. The van der Waals surface area contributed by atoms with Crippen molar-refractivity contribution < 1.29 is 10.2 Å². The van der Waals surface area contributed by atoms with Crippen LogP contribution in [0.2, 0.25) is 0 Å². The summed E-state index contributed by atoms with van der Waals surface area (Å²) in [6.45, 7) is 6.32. The second-order valence-corrected chi connectivity index (χ2v) is 4.46. The first-order chi connectivity index (χ1) is 4.99. The predicted octanol–water partition coefficient (Wildman–Crippen LogP) is 1.02. The fraction of sp³-hybridized carbons (Fsp3) is 1.00. The van der Waals surface area contributed by atoms with Crippen molar-refractivity contribution >= 4 is 0 Å². The van der Waals surface area contributed by atoms with Crippen molar-refractivity contribution in [1.29, 1.82) is 0 Å². The van der Waals surface area contributed by atoms with Crippen LogP contribution in [0.3, 0.4) is 0 Å². The van der Waals surface area contributed by atoms with Gasteiger partial charge in [0.15, 0.2) is 0 Å². The molecule has 0 unspecified atom stereocenters. The molecule has 1 aliphatic carbocycles. The quantitative estimate of drug-likeness (QED) is 0.630. The Labute approximate surface area is 68.2 Å². The van der Waals surface area contributed by atoms with Crippen LogP contribution < -0.4 is 0 Å². The molecule has 1 rings (SSSR count). The standard InChI is InChI=1S/C9H18O2/c1-6(5-10)7-4-9(2,3)8(7)11/h6-8,10-11H,4-5H2,1-3H3/t6-,7+,8+/m0/s1. The van der Waals surface area contributed by atoms with Crippen molar-refractivity contribution in [1.82, 2.24) is 0 Å². The minimum atomic E-state index is -0.218. The van der Waals surface area contributed by atoms with Gasteiger partial charge in [0.05, 0.1) is 6.10 Å². The van der Waals surface area contributed by atoms with E-state index in [1.165, 1.54) is 0 Å². The van der Waals surface area contributed by atoms with Crippen molar-refractivity contribution in [3.05, 3.63) is 0 Å². The summed E-state index contributed by atoms with van der Waals surface area (Å²) in [5, 5.41) is 18.5. The molecule has 0 aliphatic heterocycles. The summed E-state index contributed by atoms with van der Waals surface area (Å²) in [5.41, 5.74) is 0.0775. The maximum Gasteiger partial charge on any atom is 0.0623 e. The van der Waals surface area contributed by atoms with E-state index >= 15 is 0 Å². The number of hydrogen-bond acceptors (Lipinski definition) is 2. The number of rotatable bonds is 2. The predicted molar refractivity (Wildman–Crippen MR) is 44.1 cm³/mol. The van der Waals surface area contributed by atoms with Crippen molar-refractivity contribution in [3.8, 4) is 0 Å². The molecule has 1 saturated carbocycles. The zero-order valence-electron chi connectivity index (χ0n) is 7.54. The lowest BCUT2D eigenvalue weighted by atomic mass is 9.58. The van der Waals surface area contributed by atoms with Crippen LogP contribution in [0.25, 0.3) is 0 Å². The van der Waals surface area contributed by atoms with Gasteiger partial charge in [-0.3, -0.25) is 0 Å². The van der Waals surface area contributed by atoms with Crippen LogP contribution in [0.4, 0.5) is 0 Å². The fourth-order valence-corrected chi connectivity index (χ4v) is 1.91. The van der Waals surface area contributed by atoms with Gasteiger partial charge in [-0.15, -0.1) is 0 Å². The average molecular weight is 158 g/mol. The Morgan fingerprint density at radius 1 is 1.55 bits per heavy atom. The minimum absolute atomic E-state index is 0.0775. The smallest absolute Gasteiger partial charge is 0.0623 e. The molecule has 11 heavy (non-hydrogen) atoms. The third kappa shape index (κ3) is 1.42. The van der Waals surface area contributed by atoms with E-state index in [-0.39, 0.29) is 24.0 Å². The molecule has 1 fully saturated rings. The molecule has 0 saturated heterocycles. The van der Waals surface area contributed by atoms with Crippen LogP contribution in [0, 0.1) is 17.3 Å². The van der Waals surface area contributed by atoms with E-state index in [9.17, 15) is 5.11 Å². The van der Waals surface area contributed by atoms with Crippen LogP contribution in [0.15, 0.2) is 0 Å². The highest BCUT2D eigenvalue weighted by Gasteiger charge is 2.47. The van der Waals surface area contributed by atoms with Crippen LogP contribution in [0.5, 0.6) is 0 Å². The molecule has 0 aromatic rings. The summed E-state index contributed by atoms with van der Waals surface area (Å²) in [5.74, 6) is 0.563. The van der Waals surface area contributed by atoms with Crippen LogP contribution in [-0.2, 0) is 0 Å². The molecule has 0 radical (unpaired) electrons. The van der Waals surface area contributed by atoms with Crippen molar-refractivity contribution in [2.45, 2.75) is 33.3 Å². The molecular weight excluding hydrogens is 140 g/mol. The highest BCUT2D eigenvalue weighted by Crippen LogP contribution is 2.48. The number of aliphatic hydroxyl groups excluding tert-OH is 2. The molecule has 2 nitrogen and oxygen atoms in total. The maximum absolute atomic E-state index is 9.63. The van der Waals surface area contributed by atoms with Gasteiger partial charge in [0.25, 0.3) is 0 Å². The van der Waals surface area contributed by atoms with Gasteiger partial charge in [-0.05, 0) is 23.7 Å². The van der Waals surface area contributed by atoms with Crippen molar-refractivity contribution in [2.24, 2.45) is 17.3 Å². The van der Waals surface area contributed by atoms with Gasteiger partial charge in [0, 0.05) is 6.61 Å². The first-order valence-electron chi connectivity index (χ1n) is 4.28. The van der Waals surface area contributed by atoms with E-state index < -0.39 is 0 Å². The Hall–Kier alpha value is -0.0800. The highest BCUT2D eigenvalue weighted by molar-refractivity contribution is 4.97. The molecule has 0 heterocycles. The van der Waals surface area contributed by atoms with E-state index in [0.29, 0.717) is 5.92 Å². The van der Waals surface area contributed by atoms with Crippen LogP contribution >= 0.6 is 0 Å². The topological polar surface area (TPSA) is 40.5 Å². The molecule has 0 aromatic carbocycles. The lowest BCUT2D eigenvalue weighted by Gasteiger charge is -2.50. The summed E-state index contributed by atoms with van der Waals surface area (Å²) >= 11 is 0. The third-order valence-electron chi connectivity index (χ3n) is 2.99. The zero-order valence-corrected chi connectivity index (χ0v) is 7.54. The average Bonchev–Trinajstić information content (AvgIpc) is 1.98. The molecule has 0 bridgehead atoms. The highest BCUT2D eigenvalue weighted by atomic mass is 16.3. The molecule has 3 atom stereocenters. The van der Waals surface area contributed by atoms with E-state index in [1.807, 2.05) is 6.92 Å². The fourth-order valence-electron chi connectivity index (χ4n) is 1.91. The largest absolute Gasteiger partial charge is 0.396 e. The molecule has 0 aromatic heterocycles. The van der Waals surface area contributed by atoms with E-state index in [0.717, 1.165) is 6.42 Å². The number of hydrogen-bond donors (Lipinski definition) is 2. The molecule has 0 amide bonds. The molecule has 66 valence electrons.